The Morgan fingerprint density at radius 2 is 0.810 bits per heavy atom. The van der Waals surface area contributed by atoms with Crippen molar-refractivity contribution >= 4 is 23.9 Å². The summed E-state index contributed by atoms with van der Waals surface area (Å²) in [4.78, 5) is 35.7. The Bertz CT molecular complexity index is 195. The summed E-state index contributed by atoms with van der Waals surface area (Å²) < 4.78 is 0. The molecule has 10 nitrogen and oxygen atoms in total. The van der Waals surface area contributed by atoms with Crippen molar-refractivity contribution in [1.29, 1.82) is 0 Å². The van der Waals surface area contributed by atoms with E-state index in [0.717, 1.165) is 40.8 Å². The van der Waals surface area contributed by atoms with E-state index < -0.39 is 23.9 Å². The molecule has 0 aliphatic rings. The van der Waals surface area contributed by atoms with Gasteiger partial charge in [-0.2, -0.15) is 0 Å². The van der Waals surface area contributed by atoms with E-state index >= 15 is 0 Å². The Hall–Kier alpha value is -1.20. The van der Waals surface area contributed by atoms with Crippen LogP contribution in [0.4, 0.5) is 0 Å². The van der Waals surface area contributed by atoms with Crippen molar-refractivity contribution < 1.29 is 80.6 Å². The van der Waals surface area contributed by atoms with E-state index in [-0.39, 0.29) is 29.6 Å². The first-order chi connectivity index (χ1) is 8.84. The summed E-state index contributed by atoms with van der Waals surface area (Å²) in [6.07, 6.45) is 0. The van der Waals surface area contributed by atoms with Crippen molar-refractivity contribution in [2.45, 2.75) is 27.7 Å². The molecular weight excluding hydrogens is 299 g/mol. The van der Waals surface area contributed by atoms with Crippen molar-refractivity contribution in [3.05, 3.63) is 0 Å². The number of quaternary nitrogens is 2. The minimum Gasteiger partial charge on any atom is -0.550 e. The quantitative estimate of drug-likeness (QED) is 0.393. The van der Waals surface area contributed by atoms with Crippen LogP contribution in [0.25, 0.3) is 0 Å². The fraction of sp³-hybridized carbons (Fsp3) is 0.600. The zero-order valence-electron chi connectivity index (χ0n) is 13.1. The number of carboxylic acid groups (broad SMARTS) is 4. The van der Waals surface area contributed by atoms with Crippen molar-refractivity contribution in [3.8, 4) is 0 Å². The van der Waals surface area contributed by atoms with Gasteiger partial charge >= 0.3 is 29.6 Å². The number of carboxylic acids is 4. The molecule has 0 aromatic carbocycles. The minimum atomic E-state index is -1.08. The van der Waals surface area contributed by atoms with E-state index in [4.69, 9.17) is 39.6 Å². The molecule has 0 aromatic heterocycles. The maximum atomic E-state index is 9.00. The molecule has 0 saturated heterocycles. The van der Waals surface area contributed by atoms with E-state index in [1.54, 1.807) is 0 Å². The fourth-order valence-corrected chi connectivity index (χ4v) is 0. The fourth-order valence-electron chi connectivity index (χ4n) is 0. The normalized spacial score (nSPS) is 6.19. The van der Waals surface area contributed by atoms with Crippen molar-refractivity contribution in [1.82, 2.24) is 0 Å². The van der Waals surface area contributed by atoms with Gasteiger partial charge in [-0.3, -0.25) is 4.79 Å². The SMILES string of the molecule is CC(=O)O.CC(=O)[O-].CC(=O)[O-].CC(=O)[O-].[NH3+]CC[NH3+].[Na+]. The topological polar surface area (TPSA) is 213 Å². The zero-order valence-corrected chi connectivity index (χ0v) is 15.1. The summed E-state index contributed by atoms with van der Waals surface area (Å²) >= 11 is 0. The average Bonchev–Trinajstić information content (AvgIpc) is 2.13. The van der Waals surface area contributed by atoms with Crippen LogP contribution >= 0.6 is 0 Å². The third kappa shape index (κ3) is 133000. The van der Waals surface area contributed by atoms with Gasteiger partial charge in [-0.05, 0) is 20.8 Å². The van der Waals surface area contributed by atoms with Gasteiger partial charge in [0.15, 0.2) is 0 Å². The van der Waals surface area contributed by atoms with Crippen LogP contribution < -0.4 is 56.3 Å². The first-order valence-corrected chi connectivity index (χ1v) is 5.15. The Labute approximate surface area is 145 Å². The summed E-state index contributed by atoms with van der Waals surface area (Å²) in [5.74, 6) is -4.08. The number of carbonyl (C=O) groups is 4. The molecule has 0 atom stereocenters. The molecular formula is C10H23N2NaO8. The van der Waals surface area contributed by atoms with Crippen LogP contribution in [-0.4, -0.2) is 42.1 Å². The number of carbonyl (C=O) groups excluding carboxylic acids is 3. The molecule has 0 heterocycles. The maximum absolute atomic E-state index is 9.00. The molecule has 0 amide bonds. The molecule has 11 heteroatoms. The van der Waals surface area contributed by atoms with Gasteiger partial charge in [0.25, 0.3) is 5.97 Å². The van der Waals surface area contributed by atoms with E-state index in [2.05, 4.69) is 11.5 Å². The molecule has 21 heavy (non-hydrogen) atoms. The van der Waals surface area contributed by atoms with Crippen LogP contribution in [0.3, 0.4) is 0 Å². The molecule has 0 saturated carbocycles. The van der Waals surface area contributed by atoms with Gasteiger partial charge in [-0.15, -0.1) is 0 Å². The van der Waals surface area contributed by atoms with Crippen LogP contribution in [0.2, 0.25) is 0 Å². The van der Waals surface area contributed by atoms with Gasteiger partial charge in [-0.25, -0.2) is 0 Å². The Morgan fingerprint density at radius 1 is 0.762 bits per heavy atom. The van der Waals surface area contributed by atoms with Crippen LogP contribution in [-0.2, 0) is 19.2 Å². The summed E-state index contributed by atoms with van der Waals surface area (Å²) in [7, 11) is 0. The number of aliphatic carboxylic acids is 4. The number of rotatable bonds is 1. The van der Waals surface area contributed by atoms with Gasteiger partial charge < -0.3 is 46.3 Å². The standard InChI is InChI=1S/C2H8N2.4C2H4O2.Na/c3-1-2-4;4*1-2(3)4;/h1-4H2;4*1H3,(H,3,4);/q;;;;;+1/p-1. The molecule has 0 unspecified atom stereocenters. The molecule has 0 spiro atoms. The molecule has 7 N–H and O–H groups in total. The number of hydrogen-bond acceptors (Lipinski definition) is 7. The molecule has 0 bridgehead atoms. The minimum absolute atomic E-state index is 0. The largest absolute Gasteiger partial charge is 1.00 e. The summed E-state index contributed by atoms with van der Waals surface area (Å²) in [6.45, 7) is 5.92. The van der Waals surface area contributed by atoms with Crippen LogP contribution in [0, 0.1) is 0 Å². The van der Waals surface area contributed by atoms with Crippen LogP contribution in [0.1, 0.15) is 27.7 Å². The molecule has 122 valence electrons. The van der Waals surface area contributed by atoms with Crippen molar-refractivity contribution in [2.75, 3.05) is 13.1 Å². The van der Waals surface area contributed by atoms with Crippen molar-refractivity contribution in [3.63, 3.8) is 0 Å². The molecule has 0 radical (unpaired) electrons. The van der Waals surface area contributed by atoms with E-state index in [1.807, 2.05) is 0 Å². The van der Waals surface area contributed by atoms with Crippen LogP contribution in [0.15, 0.2) is 0 Å². The predicted octanol–water partition coefficient (Wildman–Crippen LogP) is -9.17. The maximum Gasteiger partial charge on any atom is 1.00 e. The number of hydrogen-bond donors (Lipinski definition) is 3. The van der Waals surface area contributed by atoms with Gasteiger partial charge in [0.2, 0.25) is 0 Å². The molecule has 0 aliphatic heterocycles. The first-order valence-electron chi connectivity index (χ1n) is 5.15. The molecule has 0 fully saturated rings. The summed E-state index contributed by atoms with van der Waals surface area (Å²) in [5.41, 5.74) is 7.08. The van der Waals surface area contributed by atoms with Gasteiger partial charge in [0, 0.05) is 24.8 Å². The second kappa shape index (κ2) is 36.4. The molecule has 0 aromatic rings. The van der Waals surface area contributed by atoms with Gasteiger partial charge in [0.05, 0.1) is 0 Å². The monoisotopic (exact) mass is 322 g/mol. The predicted molar refractivity (Wildman–Crippen MR) is 60.9 cm³/mol. The Morgan fingerprint density at radius 3 is 0.810 bits per heavy atom. The van der Waals surface area contributed by atoms with Gasteiger partial charge in [0.1, 0.15) is 13.1 Å². The second-order valence-corrected chi connectivity index (χ2v) is 2.70. The molecule has 0 aliphatic carbocycles. The van der Waals surface area contributed by atoms with E-state index in [0.29, 0.717) is 0 Å². The average molecular weight is 322 g/mol. The van der Waals surface area contributed by atoms with E-state index in [9.17, 15) is 0 Å². The third-order valence-electron chi connectivity index (χ3n) is 0.250. The zero-order chi connectivity index (χ0) is 17.7. The van der Waals surface area contributed by atoms with Gasteiger partial charge in [-0.1, -0.05) is 0 Å². The summed E-state index contributed by atoms with van der Waals surface area (Å²) in [5, 5.41) is 34.1. The summed E-state index contributed by atoms with van der Waals surface area (Å²) in [6, 6.07) is 0. The van der Waals surface area contributed by atoms with Crippen molar-refractivity contribution in [2.24, 2.45) is 0 Å². The van der Waals surface area contributed by atoms with E-state index in [1.165, 1.54) is 0 Å². The first kappa shape index (κ1) is 36.7. The Kier molecular flexibility index (Phi) is 63.6. The molecule has 0 rings (SSSR count). The smallest absolute Gasteiger partial charge is 0.550 e. The van der Waals surface area contributed by atoms with Crippen LogP contribution in [0.5, 0.6) is 0 Å². The third-order valence-corrected chi connectivity index (χ3v) is 0.250. The second-order valence-electron chi connectivity index (χ2n) is 2.70. The Balaban J connectivity index is -0.0000000331.